The predicted octanol–water partition coefficient (Wildman–Crippen LogP) is 4.76. The first-order chi connectivity index (χ1) is 12.3. The Kier molecular flexibility index (Phi) is 4.45. The molecule has 2 aromatic carbocycles. The highest BCUT2D eigenvalue weighted by Crippen LogP contribution is 2.35. The molecule has 1 aliphatic heterocycles. The van der Waals surface area contributed by atoms with Crippen molar-refractivity contribution >= 4 is 28.4 Å². The summed E-state index contributed by atoms with van der Waals surface area (Å²) in [7, 11) is 0. The molecule has 0 amide bonds. The van der Waals surface area contributed by atoms with Gasteiger partial charge in [-0.05, 0) is 72.2 Å². The van der Waals surface area contributed by atoms with Crippen molar-refractivity contribution in [3.8, 4) is 23.0 Å². The molecule has 3 aromatic rings. The molecule has 1 aromatic heterocycles. The van der Waals surface area contributed by atoms with Crippen LogP contribution in [0.1, 0.15) is 24.0 Å². The van der Waals surface area contributed by atoms with E-state index >= 15 is 0 Å². The van der Waals surface area contributed by atoms with Gasteiger partial charge in [0.25, 0.3) is 0 Å². The van der Waals surface area contributed by atoms with Gasteiger partial charge in [-0.2, -0.15) is 10.4 Å². The van der Waals surface area contributed by atoms with Crippen molar-refractivity contribution in [3.05, 3.63) is 63.2 Å². The molecule has 2 heterocycles. The summed E-state index contributed by atoms with van der Waals surface area (Å²) in [5.41, 5.74) is 5.15. The number of hydrogen-bond acceptors (Lipinski definition) is 3. The molecule has 0 fully saturated rings. The van der Waals surface area contributed by atoms with Crippen molar-refractivity contribution in [2.45, 2.75) is 19.3 Å². The van der Waals surface area contributed by atoms with E-state index in [4.69, 9.17) is 10.4 Å². The molecular formula is C20H17IN4. The van der Waals surface area contributed by atoms with Crippen molar-refractivity contribution in [3.63, 3.8) is 0 Å². The molecule has 0 aliphatic carbocycles. The Labute approximate surface area is 160 Å². The number of nitrogens with zero attached hydrogens (tertiary/aromatic N) is 3. The van der Waals surface area contributed by atoms with Gasteiger partial charge in [-0.1, -0.05) is 18.2 Å². The molecule has 0 saturated carbocycles. The van der Waals surface area contributed by atoms with Gasteiger partial charge in [-0.25, -0.2) is 4.68 Å². The monoisotopic (exact) mass is 440 g/mol. The number of halogens is 1. The van der Waals surface area contributed by atoms with Gasteiger partial charge in [0.2, 0.25) is 0 Å². The molecular weight excluding hydrogens is 423 g/mol. The number of aromatic nitrogens is 2. The molecule has 0 unspecified atom stereocenters. The maximum Gasteiger partial charge on any atom is 0.133 e. The van der Waals surface area contributed by atoms with Gasteiger partial charge in [0, 0.05) is 21.2 Å². The number of nitriles is 1. The van der Waals surface area contributed by atoms with Gasteiger partial charge in [-0.15, -0.1) is 0 Å². The molecule has 5 heteroatoms. The normalized spacial score (nSPS) is 13.4. The first-order valence-electron chi connectivity index (χ1n) is 8.39. The van der Waals surface area contributed by atoms with Crippen molar-refractivity contribution in [1.82, 2.24) is 9.78 Å². The SMILES string of the molecule is N#Cc1ccc(-n2nc(-c3ccccc3I)c3c2NCCCC3)cc1. The molecule has 0 saturated heterocycles. The van der Waals surface area contributed by atoms with Gasteiger partial charge >= 0.3 is 0 Å². The minimum Gasteiger partial charge on any atom is -0.370 e. The highest BCUT2D eigenvalue weighted by Gasteiger charge is 2.22. The van der Waals surface area contributed by atoms with Gasteiger partial charge in [0.1, 0.15) is 5.82 Å². The molecule has 25 heavy (non-hydrogen) atoms. The van der Waals surface area contributed by atoms with Gasteiger partial charge in [-0.3, -0.25) is 0 Å². The molecule has 0 bridgehead atoms. The highest BCUT2D eigenvalue weighted by molar-refractivity contribution is 14.1. The van der Waals surface area contributed by atoms with E-state index in [1.807, 2.05) is 28.9 Å². The molecule has 1 aliphatic rings. The highest BCUT2D eigenvalue weighted by atomic mass is 127. The average Bonchev–Trinajstić information content (AvgIpc) is 2.83. The Bertz CT molecular complexity index is 951. The Balaban J connectivity index is 1.90. The van der Waals surface area contributed by atoms with Crippen LogP contribution >= 0.6 is 22.6 Å². The Morgan fingerprint density at radius 2 is 1.88 bits per heavy atom. The average molecular weight is 440 g/mol. The molecule has 1 N–H and O–H groups in total. The van der Waals surface area contributed by atoms with Crippen LogP contribution in [0.15, 0.2) is 48.5 Å². The molecule has 0 radical (unpaired) electrons. The Morgan fingerprint density at radius 1 is 1.08 bits per heavy atom. The summed E-state index contributed by atoms with van der Waals surface area (Å²) in [6.45, 7) is 0.959. The summed E-state index contributed by atoms with van der Waals surface area (Å²) >= 11 is 2.38. The zero-order valence-corrected chi connectivity index (χ0v) is 15.8. The smallest absolute Gasteiger partial charge is 0.133 e. The number of nitrogens with one attached hydrogen (secondary N) is 1. The number of hydrogen-bond donors (Lipinski definition) is 1. The summed E-state index contributed by atoms with van der Waals surface area (Å²) in [5, 5.41) is 17.5. The standard InChI is InChI=1S/C20H17IN4/c21-18-7-2-1-5-16(18)19-17-6-3-4-12-23-20(17)25(24-19)15-10-8-14(13-22)9-11-15/h1-2,5,7-11,23H,3-4,6,12H2. The van der Waals surface area contributed by atoms with Crippen molar-refractivity contribution < 1.29 is 0 Å². The fourth-order valence-corrected chi connectivity index (χ4v) is 3.88. The minimum absolute atomic E-state index is 0.660. The number of rotatable bonds is 2. The van der Waals surface area contributed by atoms with E-state index < -0.39 is 0 Å². The van der Waals surface area contributed by atoms with E-state index in [0.717, 1.165) is 43.0 Å². The molecule has 0 spiro atoms. The van der Waals surface area contributed by atoms with Crippen LogP contribution in [0.4, 0.5) is 5.82 Å². The Hall–Kier alpha value is -2.33. The number of benzene rings is 2. The van der Waals surface area contributed by atoms with Crippen LogP contribution in [0.3, 0.4) is 0 Å². The summed E-state index contributed by atoms with van der Waals surface area (Å²) in [5.74, 6) is 1.08. The van der Waals surface area contributed by atoms with Crippen molar-refractivity contribution in [1.29, 1.82) is 5.26 Å². The largest absolute Gasteiger partial charge is 0.370 e. The van der Waals surface area contributed by atoms with E-state index in [2.05, 4.69) is 58.2 Å². The third-order valence-electron chi connectivity index (χ3n) is 4.50. The topological polar surface area (TPSA) is 53.6 Å². The van der Waals surface area contributed by atoms with E-state index in [-0.39, 0.29) is 0 Å². The fraction of sp³-hybridized carbons (Fsp3) is 0.200. The van der Waals surface area contributed by atoms with E-state index in [1.54, 1.807) is 0 Å². The lowest BCUT2D eigenvalue weighted by molar-refractivity contribution is 0.780. The number of fused-ring (bicyclic) bond motifs is 1. The van der Waals surface area contributed by atoms with Crippen LogP contribution in [0, 0.1) is 14.9 Å². The summed E-state index contributed by atoms with van der Waals surface area (Å²) < 4.78 is 3.19. The fourth-order valence-electron chi connectivity index (χ4n) is 3.24. The summed E-state index contributed by atoms with van der Waals surface area (Å²) in [4.78, 5) is 0. The predicted molar refractivity (Wildman–Crippen MR) is 108 cm³/mol. The molecule has 0 atom stereocenters. The molecule has 4 nitrogen and oxygen atoms in total. The van der Waals surface area contributed by atoms with Crippen LogP contribution < -0.4 is 5.32 Å². The first kappa shape index (κ1) is 16.2. The maximum absolute atomic E-state index is 9.03. The minimum atomic E-state index is 0.660. The van der Waals surface area contributed by atoms with Crippen LogP contribution in [0.2, 0.25) is 0 Å². The lowest BCUT2D eigenvalue weighted by atomic mass is 10.0. The lowest BCUT2D eigenvalue weighted by Crippen LogP contribution is -2.07. The van der Waals surface area contributed by atoms with Crippen LogP contribution in [-0.2, 0) is 6.42 Å². The zero-order chi connectivity index (χ0) is 17.2. The number of anilines is 1. The molecule has 4 rings (SSSR count). The van der Waals surface area contributed by atoms with E-state index in [9.17, 15) is 0 Å². The molecule has 124 valence electrons. The van der Waals surface area contributed by atoms with Crippen LogP contribution in [0.5, 0.6) is 0 Å². The van der Waals surface area contributed by atoms with E-state index in [1.165, 1.54) is 14.7 Å². The van der Waals surface area contributed by atoms with Crippen LogP contribution in [0.25, 0.3) is 16.9 Å². The first-order valence-corrected chi connectivity index (χ1v) is 9.47. The van der Waals surface area contributed by atoms with Crippen molar-refractivity contribution in [2.75, 3.05) is 11.9 Å². The third-order valence-corrected chi connectivity index (χ3v) is 5.44. The summed E-state index contributed by atoms with van der Waals surface area (Å²) in [6.07, 6.45) is 3.35. The second-order valence-corrected chi connectivity index (χ2v) is 7.27. The van der Waals surface area contributed by atoms with Crippen molar-refractivity contribution in [2.24, 2.45) is 0 Å². The lowest BCUT2D eigenvalue weighted by Gasteiger charge is -2.09. The Morgan fingerprint density at radius 3 is 2.64 bits per heavy atom. The van der Waals surface area contributed by atoms with Gasteiger partial charge in [0.15, 0.2) is 0 Å². The quantitative estimate of drug-likeness (QED) is 0.585. The van der Waals surface area contributed by atoms with Crippen LogP contribution in [-0.4, -0.2) is 16.3 Å². The van der Waals surface area contributed by atoms with Gasteiger partial charge in [0.05, 0.1) is 23.0 Å². The summed E-state index contributed by atoms with van der Waals surface area (Å²) in [6, 6.07) is 18.1. The zero-order valence-electron chi connectivity index (χ0n) is 13.7. The third kappa shape index (κ3) is 3.02. The van der Waals surface area contributed by atoms with Gasteiger partial charge < -0.3 is 5.32 Å². The second-order valence-electron chi connectivity index (χ2n) is 6.11. The maximum atomic E-state index is 9.03. The second kappa shape index (κ2) is 6.89. The van der Waals surface area contributed by atoms with E-state index in [0.29, 0.717) is 5.56 Å².